The molecule has 2 aromatic carbocycles. The Morgan fingerprint density at radius 1 is 0.889 bits per heavy atom. The molecule has 27 heavy (non-hydrogen) atoms. The molecule has 8 nitrogen and oxygen atoms in total. The fourth-order valence-electron chi connectivity index (χ4n) is 2.36. The summed E-state index contributed by atoms with van der Waals surface area (Å²) in [4.78, 5) is 33.9. The summed E-state index contributed by atoms with van der Waals surface area (Å²) < 4.78 is 4.84. The molecule has 8 heteroatoms. The minimum absolute atomic E-state index is 0.152. The normalized spacial score (nSPS) is 10.2. The van der Waals surface area contributed by atoms with E-state index in [1.165, 1.54) is 6.07 Å². The third-order valence-corrected chi connectivity index (χ3v) is 3.63. The molecule has 0 aliphatic rings. The predicted molar refractivity (Wildman–Crippen MR) is 98.5 cm³/mol. The lowest BCUT2D eigenvalue weighted by atomic mass is 10.1. The number of nitro groups is 1. The van der Waals surface area contributed by atoms with Crippen molar-refractivity contribution in [1.82, 2.24) is 0 Å². The first-order valence-electron chi connectivity index (χ1n) is 8.01. The molecule has 0 bridgehead atoms. The highest BCUT2D eigenvalue weighted by molar-refractivity contribution is 6.02. The first-order chi connectivity index (χ1) is 13.0. The van der Waals surface area contributed by atoms with Crippen molar-refractivity contribution in [2.24, 2.45) is 0 Å². The lowest BCUT2D eigenvalue weighted by Crippen LogP contribution is -2.14. The summed E-state index contributed by atoms with van der Waals surface area (Å²) in [6, 6.07) is 18.2. The number of rotatable bonds is 6. The Hall–Kier alpha value is -3.94. The van der Waals surface area contributed by atoms with Gasteiger partial charge in [-0.15, -0.1) is 0 Å². The highest BCUT2D eigenvalue weighted by Gasteiger charge is 2.17. The number of hydrogen-bond acceptors (Lipinski definition) is 5. The summed E-state index contributed by atoms with van der Waals surface area (Å²) in [7, 11) is 0. The number of furan rings is 1. The van der Waals surface area contributed by atoms with E-state index in [1.54, 1.807) is 24.3 Å². The van der Waals surface area contributed by atoms with Crippen molar-refractivity contribution in [3.63, 3.8) is 0 Å². The molecule has 136 valence electrons. The molecule has 3 rings (SSSR count). The third-order valence-electron chi connectivity index (χ3n) is 3.63. The molecule has 2 N–H and O–H groups in total. The molecule has 0 fully saturated rings. The molecular formula is C19H15N3O5. The average molecular weight is 365 g/mol. The summed E-state index contributed by atoms with van der Waals surface area (Å²) in [5.74, 6) is -1.43. The van der Waals surface area contributed by atoms with Crippen molar-refractivity contribution in [3.05, 3.63) is 88.2 Å². The molecule has 0 aliphatic heterocycles. The van der Waals surface area contributed by atoms with Gasteiger partial charge in [-0.25, -0.2) is 0 Å². The first kappa shape index (κ1) is 17.9. The SMILES string of the molecule is O=C(Cc1ccccc1)Nc1ccc(NC(=O)c2ccc([N+](=O)[O-])o2)cc1. The Labute approximate surface area is 154 Å². The van der Waals surface area contributed by atoms with Crippen LogP contribution in [-0.4, -0.2) is 16.7 Å². The van der Waals surface area contributed by atoms with Crippen LogP contribution in [-0.2, 0) is 11.2 Å². The highest BCUT2D eigenvalue weighted by Crippen LogP contribution is 2.18. The summed E-state index contributed by atoms with van der Waals surface area (Å²) in [6.45, 7) is 0. The molecule has 0 atom stereocenters. The van der Waals surface area contributed by atoms with E-state index in [0.29, 0.717) is 11.4 Å². The van der Waals surface area contributed by atoms with Crippen LogP contribution in [0, 0.1) is 10.1 Å². The first-order valence-corrected chi connectivity index (χ1v) is 8.01. The number of amides is 2. The molecule has 2 amide bonds. The van der Waals surface area contributed by atoms with Crippen LogP contribution in [0.15, 0.2) is 71.1 Å². The maximum Gasteiger partial charge on any atom is 0.433 e. The van der Waals surface area contributed by atoms with E-state index in [9.17, 15) is 19.7 Å². The largest absolute Gasteiger partial charge is 0.433 e. The van der Waals surface area contributed by atoms with E-state index in [4.69, 9.17) is 4.42 Å². The smallest absolute Gasteiger partial charge is 0.395 e. The molecule has 1 heterocycles. The van der Waals surface area contributed by atoms with Crippen molar-refractivity contribution in [3.8, 4) is 0 Å². The van der Waals surface area contributed by atoms with E-state index in [-0.39, 0.29) is 18.1 Å². The Morgan fingerprint density at radius 3 is 2.11 bits per heavy atom. The summed E-state index contributed by atoms with van der Waals surface area (Å²) in [6.07, 6.45) is 0.261. The van der Waals surface area contributed by atoms with E-state index in [1.807, 2.05) is 30.3 Å². The van der Waals surface area contributed by atoms with Crippen LogP contribution in [0.2, 0.25) is 0 Å². The van der Waals surface area contributed by atoms with Gasteiger partial charge in [-0.1, -0.05) is 30.3 Å². The lowest BCUT2D eigenvalue weighted by molar-refractivity contribution is -0.402. The zero-order valence-electron chi connectivity index (χ0n) is 14.0. The summed E-state index contributed by atoms with van der Waals surface area (Å²) in [5, 5.41) is 15.9. The molecule has 1 aromatic heterocycles. The van der Waals surface area contributed by atoms with Gasteiger partial charge < -0.3 is 15.1 Å². The molecule has 0 saturated heterocycles. The van der Waals surface area contributed by atoms with Crippen molar-refractivity contribution in [1.29, 1.82) is 0 Å². The van der Waals surface area contributed by atoms with Crippen LogP contribution < -0.4 is 10.6 Å². The van der Waals surface area contributed by atoms with Crippen LogP contribution >= 0.6 is 0 Å². The zero-order valence-corrected chi connectivity index (χ0v) is 14.0. The van der Waals surface area contributed by atoms with Gasteiger partial charge in [0.15, 0.2) is 5.76 Å². The van der Waals surface area contributed by atoms with Crippen molar-refractivity contribution < 1.29 is 18.9 Å². The number of benzene rings is 2. The molecule has 0 spiro atoms. The van der Waals surface area contributed by atoms with E-state index in [0.717, 1.165) is 11.6 Å². The quantitative estimate of drug-likeness (QED) is 0.511. The molecule has 0 radical (unpaired) electrons. The number of carbonyl (C=O) groups excluding carboxylic acids is 2. The standard InChI is InChI=1S/C19H15N3O5/c23-17(12-13-4-2-1-3-5-13)20-14-6-8-15(9-7-14)21-19(24)16-10-11-18(27-16)22(25)26/h1-11H,12H2,(H,20,23)(H,21,24). The number of nitrogens with one attached hydrogen (secondary N) is 2. The van der Waals surface area contributed by atoms with E-state index in [2.05, 4.69) is 10.6 Å². The maximum absolute atomic E-state index is 12.0. The van der Waals surface area contributed by atoms with Gasteiger partial charge in [0.25, 0.3) is 5.91 Å². The van der Waals surface area contributed by atoms with Crippen LogP contribution in [0.25, 0.3) is 0 Å². The van der Waals surface area contributed by atoms with Crippen molar-refractivity contribution in [2.75, 3.05) is 10.6 Å². The zero-order chi connectivity index (χ0) is 19.2. The van der Waals surface area contributed by atoms with Crippen LogP contribution in [0.1, 0.15) is 16.1 Å². The Balaban J connectivity index is 1.57. The fourth-order valence-corrected chi connectivity index (χ4v) is 2.36. The fraction of sp³-hybridized carbons (Fsp3) is 0.0526. The van der Waals surface area contributed by atoms with Gasteiger partial charge in [-0.3, -0.25) is 19.7 Å². The van der Waals surface area contributed by atoms with Crippen LogP contribution in [0.5, 0.6) is 0 Å². The molecule has 3 aromatic rings. The van der Waals surface area contributed by atoms with Gasteiger partial charge in [0.1, 0.15) is 4.92 Å². The Bertz CT molecular complexity index is 965. The molecule has 0 aliphatic carbocycles. The average Bonchev–Trinajstić information content (AvgIpc) is 3.15. The monoisotopic (exact) mass is 365 g/mol. The van der Waals surface area contributed by atoms with Gasteiger partial charge >= 0.3 is 5.88 Å². The number of hydrogen-bond donors (Lipinski definition) is 2. The highest BCUT2D eigenvalue weighted by atomic mass is 16.6. The van der Waals surface area contributed by atoms with E-state index >= 15 is 0 Å². The second kappa shape index (κ2) is 7.96. The molecular weight excluding hydrogens is 350 g/mol. The second-order valence-electron chi connectivity index (χ2n) is 5.64. The van der Waals surface area contributed by atoms with E-state index < -0.39 is 16.7 Å². The summed E-state index contributed by atoms with van der Waals surface area (Å²) in [5.41, 5.74) is 1.95. The third kappa shape index (κ3) is 4.79. The predicted octanol–water partition coefficient (Wildman–Crippen LogP) is 3.62. The van der Waals surface area contributed by atoms with Crippen molar-refractivity contribution in [2.45, 2.75) is 6.42 Å². The van der Waals surface area contributed by atoms with Crippen LogP contribution in [0.3, 0.4) is 0 Å². The maximum atomic E-state index is 12.0. The number of anilines is 2. The topological polar surface area (TPSA) is 114 Å². The molecule has 0 saturated carbocycles. The number of carbonyl (C=O) groups is 2. The Kier molecular flexibility index (Phi) is 5.27. The Morgan fingerprint density at radius 2 is 1.52 bits per heavy atom. The van der Waals surface area contributed by atoms with Gasteiger partial charge in [-0.2, -0.15) is 0 Å². The second-order valence-corrected chi connectivity index (χ2v) is 5.64. The van der Waals surface area contributed by atoms with Crippen molar-refractivity contribution >= 4 is 29.1 Å². The van der Waals surface area contributed by atoms with Gasteiger partial charge in [-0.05, 0) is 35.9 Å². The van der Waals surface area contributed by atoms with Crippen LogP contribution in [0.4, 0.5) is 17.3 Å². The van der Waals surface area contributed by atoms with Gasteiger partial charge in [0, 0.05) is 11.4 Å². The minimum Gasteiger partial charge on any atom is -0.395 e. The summed E-state index contributed by atoms with van der Waals surface area (Å²) >= 11 is 0. The van der Waals surface area contributed by atoms with Gasteiger partial charge in [0.05, 0.1) is 12.5 Å². The molecule has 0 unspecified atom stereocenters. The van der Waals surface area contributed by atoms with Gasteiger partial charge in [0.2, 0.25) is 5.91 Å². The minimum atomic E-state index is -0.719. The number of nitrogens with zero attached hydrogens (tertiary/aromatic N) is 1. The lowest BCUT2D eigenvalue weighted by Gasteiger charge is -2.07.